The van der Waals surface area contributed by atoms with Crippen molar-refractivity contribution in [3.8, 4) is 5.75 Å². The third-order valence-corrected chi connectivity index (χ3v) is 6.04. The van der Waals surface area contributed by atoms with Gasteiger partial charge in [-0.25, -0.2) is 0 Å². The Morgan fingerprint density at radius 1 is 1.04 bits per heavy atom. The number of hydrazone groups is 1. The second-order valence-corrected chi connectivity index (χ2v) is 7.05. The first kappa shape index (κ1) is 13.0. The molecule has 1 aliphatic heterocycles. The number of benzene rings is 1. The molecule has 0 unspecified atom stereocenters. The topological polar surface area (TPSA) is 70.0 Å². The fourth-order valence-electron chi connectivity index (χ4n) is 4.86. The Labute approximate surface area is 133 Å². The molecule has 1 N–H and O–H groups in total. The average molecular weight is 308 g/mol. The first-order valence-electron chi connectivity index (χ1n) is 8.01. The summed E-state index contributed by atoms with van der Waals surface area (Å²) in [6, 6.07) is 6.47. The Morgan fingerprint density at radius 3 is 2.13 bits per heavy atom. The number of carbonyl (C=O) groups is 2. The normalized spacial score (nSPS) is 35.7. The van der Waals surface area contributed by atoms with Gasteiger partial charge in [-0.1, -0.05) is 12.2 Å². The molecule has 1 aromatic rings. The molecule has 5 rings (SSSR count). The summed E-state index contributed by atoms with van der Waals surface area (Å²) in [6.07, 6.45) is 8.08. The maximum Gasteiger partial charge on any atom is 0.254 e. The molecule has 3 fully saturated rings. The number of carbonyl (C=O) groups excluding carboxylic acids is 2. The Balaban J connectivity index is 1.43. The quantitative estimate of drug-likeness (QED) is 0.515. The van der Waals surface area contributed by atoms with Crippen LogP contribution in [0.1, 0.15) is 18.4 Å². The molecule has 23 heavy (non-hydrogen) atoms. The number of imide groups is 1. The highest BCUT2D eigenvalue weighted by molar-refractivity contribution is 6.07. The van der Waals surface area contributed by atoms with E-state index in [2.05, 4.69) is 17.3 Å². The van der Waals surface area contributed by atoms with E-state index in [-0.39, 0.29) is 46.7 Å². The second-order valence-electron chi connectivity index (χ2n) is 7.05. The van der Waals surface area contributed by atoms with Crippen LogP contribution in [0.3, 0.4) is 0 Å². The molecule has 5 heteroatoms. The van der Waals surface area contributed by atoms with Crippen LogP contribution in [0.4, 0.5) is 0 Å². The number of amides is 2. The van der Waals surface area contributed by atoms with Gasteiger partial charge in [-0.3, -0.25) is 9.59 Å². The second kappa shape index (κ2) is 4.10. The summed E-state index contributed by atoms with van der Waals surface area (Å²) in [5.74, 6) is -0.113. The zero-order valence-electron chi connectivity index (χ0n) is 12.4. The average Bonchev–Trinajstić information content (AvgIpc) is 3.15. The monoisotopic (exact) mass is 308 g/mol. The van der Waals surface area contributed by atoms with E-state index in [9.17, 15) is 14.7 Å². The third-order valence-electron chi connectivity index (χ3n) is 6.04. The Bertz CT molecular complexity index is 742. The summed E-state index contributed by atoms with van der Waals surface area (Å²) < 4.78 is 0. The Kier molecular flexibility index (Phi) is 2.33. The van der Waals surface area contributed by atoms with Gasteiger partial charge < -0.3 is 5.11 Å². The van der Waals surface area contributed by atoms with Crippen molar-refractivity contribution in [2.24, 2.45) is 34.2 Å². The maximum atomic E-state index is 12.7. The summed E-state index contributed by atoms with van der Waals surface area (Å²) >= 11 is 0. The molecule has 0 aromatic heterocycles. The standard InChI is InChI=1S/C18H16N2O3/c21-11-3-1-10(2-4-11)9-19-20-16(22)14-12-5-6-13(15(14)17(20)23)18(12)7-8-18/h1-6,9,12-15,21H,7-8H2/b19-9+/t12-,13+,14+,15-. The lowest BCUT2D eigenvalue weighted by atomic mass is 9.85. The van der Waals surface area contributed by atoms with Gasteiger partial charge in [0.2, 0.25) is 0 Å². The molecular weight excluding hydrogens is 292 g/mol. The fourth-order valence-corrected chi connectivity index (χ4v) is 4.86. The van der Waals surface area contributed by atoms with Crippen LogP contribution in [0.25, 0.3) is 0 Å². The van der Waals surface area contributed by atoms with Gasteiger partial charge in [-0.2, -0.15) is 10.1 Å². The van der Waals surface area contributed by atoms with E-state index < -0.39 is 0 Å². The molecular formula is C18H16N2O3. The van der Waals surface area contributed by atoms with Gasteiger partial charge in [0.15, 0.2) is 0 Å². The molecule has 1 aromatic carbocycles. The number of hydrogen-bond donors (Lipinski definition) is 1. The number of nitrogens with zero attached hydrogens (tertiary/aromatic N) is 2. The molecule has 116 valence electrons. The van der Waals surface area contributed by atoms with Crippen LogP contribution >= 0.6 is 0 Å². The van der Waals surface area contributed by atoms with Crippen molar-refractivity contribution in [3.05, 3.63) is 42.0 Å². The van der Waals surface area contributed by atoms with Gasteiger partial charge in [0, 0.05) is 0 Å². The maximum absolute atomic E-state index is 12.7. The molecule has 2 saturated carbocycles. The fraction of sp³-hybridized carbons (Fsp3) is 0.389. The lowest BCUT2D eigenvalue weighted by Crippen LogP contribution is -2.30. The Morgan fingerprint density at radius 2 is 1.61 bits per heavy atom. The van der Waals surface area contributed by atoms with Crippen LogP contribution in [0.2, 0.25) is 0 Å². The first-order valence-corrected chi connectivity index (χ1v) is 8.01. The molecule has 2 amide bonds. The van der Waals surface area contributed by atoms with Crippen molar-refractivity contribution in [1.29, 1.82) is 0 Å². The van der Waals surface area contributed by atoms with E-state index in [1.165, 1.54) is 6.21 Å². The smallest absolute Gasteiger partial charge is 0.254 e. The van der Waals surface area contributed by atoms with Crippen molar-refractivity contribution in [2.75, 3.05) is 0 Å². The number of phenols is 1. The van der Waals surface area contributed by atoms with E-state index in [1.54, 1.807) is 24.3 Å². The number of rotatable bonds is 2. The molecule has 4 atom stereocenters. The third kappa shape index (κ3) is 1.54. The van der Waals surface area contributed by atoms with E-state index >= 15 is 0 Å². The largest absolute Gasteiger partial charge is 0.508 e. The van der Waals surface area contributed by atoms with Crippen LogP contribution < -0.4 is 0 Å². The van der Waals surface area contributed by atoms with Gasteiger partial charge in [0.05, 0.1) is 18.1 Å². The molecule has 3 aliphatic carbocycles. The number of fused-ring (bicyclic) bond motifs is 3. The summed E-state index contributed by atoms with van der Waals surface area (Å²) in [5, 5.41) is 14.5. The highest BCUT2D eigenvalue weighted by Gasteiger charge is 2.73. The predicted molar refractivity (Wildman–Crippen MR) is 82.3 cm³/mol. The van der Waals surface area contributed by atoms with Gasteiger partial charge in [0.25, 0.3) is 11.8 Å². The van der Waals surface area contributed by atoms with Crippen molar-refractivity contribution < 1.29 is 14.7 Å². The van der Waals surface area contributed by atoms with Crippen molar-refractivity contribution in [3.63, 3.8) is 0 Å². The van der Waals surface area contributed by atoms with Gasteiger partial charge >= 0.3 is 0 Å². The lowest BCUT2D eigenvalue weighted by molar-refractivity contribution is -0.141. The van der Waals surface area contributed by atoms with Crippen LogP contribution in [0.15, 0.2) is 41.5 Å². The summed E-state index contributed by atoms with van der Waals surface area (Å²) in [6.45, 7) is 0. The van der Waals surface area contributed by atoms with E-state index in [0.717, 1.165) is 23.4 Å². The van der Waals surface area contributed by atoms with Crippen LogP contribution in [-0.4, -0.2) is 28.1 Å². The number of phenolic OH excluding ortho intramolecular Hbond substituents is 1. The molecule has 4 aliphatic rings. The van der Waals surface area contributed by atoms with Crippen molar-refractivity contribution in [1.82, 2.24) is 5.01 Å². The van der Waals surface area contributed by atoms with Gasteiger partial charge in [-0.15, -0.1) is 0 Å². The minimum Gasteiger partial charge on any atom is -0.508 e. The Hall–Kier alpha value is -2.43. The highest BCUT2D eigenvalue weighted by atomic mass is 16.3. The molecule has 0 radical (unpaired) electrons. The van der Waals surface area contributed by atoms with Crippen molar-refractivity contribution in [2.45, 2.75) is 12.8 Å². The first-order chi connectivity index (χ1) is 11.1. The highest BCUT2D eigenvalue weighted by Crippen LogP contribution is 2.73. The minimum absolute atomic E-state index is 0.154. The molecule has 5 nitrogen and oxygen atoms in total. The zero-order chi connectivity index (χ0) is 15.8. The lowest BCUT2D eigenvalue weighted by Gasteiger charge is -2.18. The van der Waals surface area contributed by atoms with Gasteiger partial charge in [0.1, 0.15) is 5.75 Å². The van der Waals surface area contributed by atoms with Gasteiger partial charge in [-0.05, 0) is 59.9 Å². The number of hydrogen-bond acceptors (Lipinski definition) is 4. The molecule has 1 heterocycles. The minimum atomic E-state index is -0.211. The van der Waals surface area contributed by atoms with E-state index in [1.807, 2.05) is 0 Å². The summed E-state index contributed by atoms with van der Waals surface area (Å²) in [7, 11) is 0. The van der Waals surface area contributed by atoms with Crippen LogP contribution in [-0.2, 0) is 9.59 Å². The molecule has 1 saturated heterocycles. The molecule has 2 bridgehead atoms. The van der Waals surface area contributed by atoms with Crippen LogP contribution in [0.5, 0.6) is 5.75 Å². The van der Waals surface area contributed by atoms with Crippen molar-refractivity contribution >= 4 is 18.0 Å². The summed E-state index contributed by atoms with van der Waals surface area (Å²) in [4.78, 5) is 25.4. The SMILES string of the molecule is O=C1[C@@H]2[C@H](C(=O)N1/N=C/c1ccc(O)cc1)[C@@H]1C=C[C@H]2C12CC2. The number of aromatic hydroxyl groups is 1. The number of allylic oxidation sites excluding steroid dienone is 2. The summed E-state index contributed by atoms with van der Waals surface area (Å²) in [5.41, 5.74) is 0.952. The van der Waals surface area contributed by atoms with Crippen LogP contribution in [0, 0.1) is 29.1 Å². The van der Waals surface area contributed by atoms with E-state index in [0.29, 0.717) is 0 Å². The zero-order valence-corrected chi connectivity index (χ0v) is 12.4. The van der Waals surface area contributed by atoms with E-state index in [4.69, 9.17) is 0 Å². The predicted octanol–water partition coefficient (Wildman–Crippen LogP) is 1.92. The molecule has 1 spiro atoms.